The van der Waals surface area contributed by atoms with E-state index in [0.29, 0.717) is 35.6 Å². The number of hydrogen-bond donors (Lipinski definition) is 1. The molecule has 0 radical (unpaired) electrons. The average Bonchev–Trinajstić information content (AvgIpc) is 2.98. The molecule has 0 bridgehead atoms. The summed E-state index contributed by atoms with van der Waals surface area (Å²) in [7, 11) is 2.98. The second-order valence-electron chi connectivity index (χ2n) is 6.34. The molecule has 7 heteroatoms. The van der Waals surface area contributed by atoms with Crippen molar-refractivity contribution in [2.45, 2.75) is 19.4 Å². The molecular formula is C21H22N2O5. The van der Waals surface area contributed by atoms with Crippen LogP contribution in [-0.4, -0.2) is 47.4 Å². The highest BCUT2D eigenvalue weighted by Gasteiger charge is 2.45. The Kier molecular flexibility index (Phi) is 5.63. The smallest absolute Gasteiger partial charge is 0.295 e. The number of ether oxygens (including phenoxy) is 2. The first-order valence-electron chi connectivity index (χ1n) is 8.94. The molecule has 7 nitrogen and oxygen atoms in total. The number of aromatic nitrogens is 1. The van der Waals surface area contributed by atoms with E-state index < -0.39 is 17.7 Å². The van der Waals surface area contributed by atoms with Crippen LogP contribution >= 0.6 is 0 Å². The number of rotatable bonds is 6. The molecule has 2 heterocycles. The van der Waals surface area contributed by atoms with E-state index in [2.05, 4.69) is 4.98 Å². The number of carbonyl (C=O) groups is 2. The Morgan fingerprint density at radius 3 is 2.46 bits per heavy atom. The number of ketones is 1. The van der Waals surface area contributed by atoms with Crippen molar-refractivity contribution in [3.63, 3.8) is 0 Å². The van der Waals surface area contributed by atoms with Crippen molar-refractivity contribution in [2.75, 3.05) is 20.8 Å². The molecule has 3 rings (SSSR count). The predicted octanol–water partition coefficient (Wildman–Crippen LogP) is 2.93. The molecule has 1 amide bonds. The van der Waals surface area contributed by atoms with Crippen LogP contribution in [0, 0.1) is 0 Å². The number of benzene rings is 1. The maximum absolute atomic E-state index is 12.8. The minimum atomic E-state index is -0.717. The molecule has 1 atom stereocenters. The monoisotopic (exact) mass is 382 g/mol. The van der Waals surface area contributed by atoms with E-state index in [1.165, 1.54) is 19.1 Å². The Bertz CT molecular complexity index is 924. The lowest BCUT2D eigenvalue weighted by molar-refractivity contribution is -0.139. The van der Waals surface area contributed by atoms with Gasteiger partial charge in [0, 0.05) is 25.0 Å². The molecule has 1 unspecified atom stereocenters. The van der Waals surface area contributed by atoms with E-state index in [1.807, 2.05) is 6.92 Å². The first-order chi connectivity index (χ1) is 13.5. The molecule has 1 aromatic carbocycles. The Balaban J connectivity index is 2.21. The van der Waals surface area contributed by atoms with Crippen molar-refractivity contribution in [1.29, 1.82) is 0 Å². The predicted molar refractivity (Wildman–Crippen MR) is 103 cm³/mol. The fraction of sp³-hybridized carbons (Fsp3) is 0.286. The van der Waals surface area contributed by atoms with Crippen LogP contribution < -0.4 is 9.47 Å². The van der Waals surface area contributed by atoms with Gasteiger partial charge in [0.2, 0.25) is 0 Å². The van der Waals surface area contributed by atoms with Crippen LogP contribution in [0.2, 0.25) is 0 Å². The molecule has 1 aromatic heterocycles. The molecule has 0 spiro atoms. The van der Waals surface area contributed by atoms with Crippen molar-refractivity contribution >= 4 is 17.4 Å². The summed E-state index contributed by atoms with van der Waals surface area (Å²) in [6.07, 6.45) is 3.87. The van der Waals surface area contributed by atoms with Gasteiger partial charge >= 0.3 is 0 Å². The maximum atomic E-state index is 12.8. The standard InChI is InChI=1S/C21H22N2O5/c1-4-11-23-18(13-7-9-22-10-8-13)17(20(25)21(23)26)19(24)15-6-5-14(27-2)12-16(15)28-3/h5-10,12,18,24H,4,11H2,1-3H3/b19-17-. The van der Waals surface area contributed by atoms with Gasteiger partial charge in [-0.2, -0.15) is 0 Å². The van der Waals surface area contributed by atoms with E-state index in [-0.39, 0.29) is 11.3 Å². The first-order valence-corrected chi connectivity index (χ1v) is 8.94. The molecule has 1 saturated heterocycles. The Hall–Kier alpha value is -3.35. The third-order valence-electron chi connectivity index (χ3n) is 4.69. The Morgan fingerprint density at radius 1 is 1.14 bits per heavy atom. The lowest BCUT2D eigenvalue weighted by Crippen LogP contribution is -2.30. The molecule has 1 aliphatic rings. The highest BCUT2D eigenvalue weighted by molar-refractivity contribution is 6.46. The van der Waals surface area contributed by atoms with Gasteiger partial charge in [0.1, 0.15) is 17.3 Å². The van der Waals surface area contributed by atoms with E-state index in [1.54, 1.807) is 42.7 Å². The van der Waals surface area contributed by atoms with Gasteiger partial charge in [-0.25, -0.2) is 0 Å². The van der Waals surface area contributed by atoms with Gasteiger partial charge in [0.15, 0.2) is 0 Å². The largest absolute Gasteiger partial charge is 0.507 e. The summed E-state index contributed by atoms with van der Waals surface area (Å²) in [5.41, 5.74) is 1.06. The number of pyridine rings is 1. The topological polar surface area (TPSA) is 89.0 Å². The van der Waals surface area contributed by atoms with E-state index >= 15 is 0 Å². The van der Waals surface area contributed by atoms with Crippen molar-refractivity contribution in [3.05, 3.63) is 59.4 Å². The molecule has 0 saturated carbocycles. The zero-order chi connectivity index (χ0) is 20.3. The fourth-order valence-corrected chi connectivity index (χ4v) is 3.38. The fourth-order valence-electron chi connectivity index (χ4n) is 3.38. The highest BCUT2D eigenvalue weighted by Crippen LogP contribution is 2.41. The van der Waals surface area contributed by atoms with Crippen LogP contribution in [0.5, 0.6) is 11.5 Å². The van der Waals surface area contributed by atoms with Gasteiger partial charge < -0.3 is 19.5 Å². The molecule has 0 aliphatic carbocycles. The number of amides is 1. The van der Waals surface area contributed by atoms with Crippen LogP contribution in [0.25, 0.3) is 5.76 Å². The first kappa shape index (κ1) is 19.4. The van der Waals surface area contributed by atoms with Crippen molar-refractivity contribution in [3.8, 4) is 11.5 Å². The Morgan fingerprint density at radius 2 is 1.86 bits per heavy atom. The second kappa shape index (κ2) is 8.12. The molecule has 2 aromatic rings. The van der Waals surface area contributed by atoms with Crippen molar-refractivity contribution in [1.82, 2.24) is 9.88 Å². The maximum Gasteiger partial charge on any atom is 0.295 e. The average molecular weight is 382 g/mol. The summed E-state index contributed by atoms with van der Waals surface area (Å²) in [5.74, 6) is -0.737. The SMILES string of the molecule is CCCN1C(=O)C(=O)/C(=C(\O)c2ccc(OC)cc2OC)C1c1ccncc1. The summed E-state index contributed by atoms with van der Waals surface area (Å²) >= 11 is 0. The van der Waals surface area contributed by atoms with Gasteiger partial charge in [-0.1, -0.05) is 6.92 Å². The summed E-state index contributed by atoms with van der Waals surface area (Å²) in [5, 5.41) is 11.0. The number of aliphatic hydroxyl groups excluding tert-OH is 1. The minimum Gasteiger partial charge on any atom is -0.507 e. The summed E-state index contributed by atoms with van der Waals surface area (Å²) in [6.45, 7) is 2.32. The van der Waals surface area contributed by atoms with Gasteiger partial charge in [-0.05, 0) is 36.2 Å². The molecule has 146 valence electrons. The number of Topliss-reactive ketones (excluding diaryl/α,β-unsaturated/α-hetero) is 1. The summed E-state index contributed by atoms with van der Waals surface area (Å²) in [6, 6.07) is 7.65. The van der Waals surface area contributed by atoms with Crippen LogP contribution in [0.1, 0.15) is 30.5 Å². The number of aliphatic hydroxyl groups is 1. The summed E-state index contributed by atoms with van der Waals surface area (Å²) < 4.78 is 10.5. The number of likely N-dealkylation sites (tertiary alicyclic amines) is 1. The minimum absolute atomic E-state index is 0.0353. The number of nitrogens with zero attached hydrogens (tertiary/aromatic N) is 2. The van der Waals surface area contributed by atoms with E-state index in [0.717, 1.165) is 0 Å². The zero-order valence-corrected chi connectivity index (χ0v) is 16.0. The zero-order valence-electron chi connectivity index (χ0n) is 16.0. The molecule has 1 fully saturated rings. The second-order valence-corrected chi connectivity index (χ2v) is 6.34. The third kappa shape index (κ3) is 3.31. The highest BCUT2D eigenvalue weighted by atomic mass is 16.5. The lowest BCUT2D eigenvalue weighted by atomic mass is 9.95. The van der Waals surface area contributed by atoms with Gasteiger partial charge in [0.25, 0.3) is 11.7 Å². The van der Waals surface area contributed by atoms with E-state index in [4.69, 9.17) is 9.47 Å². The third-order valence-corrected chi connectivity index (χ3v) is 4.69. The van der Waals surface area contributed by atoms with Crippen LogP contribution in [0.4, 0.5) is 0 Å². The molecule has 1 N–H and O–H groups in total. The quantitative estimate of drug-likeness (QED) is 0.469. The van der Waals surface area contributed by atoms with Crippen molar-refractivity contribution < 1.29 is 24.2 Å². The molecule has 28 heavy (non-hydrogen) atoms. The van der Waals surface area contributed by atoms with Crippen LogP contribution in [-0.2, 0) is 9.59 Å². The van der Waals surface area contributed by atoms with Gasteiger partial charge in [0.05, 0.1) is 31.4 Å². The number of methoxy groups -OCH3 is 2. The van der Waals surface area contributed by atoms with E-state index in [9.17, 15) is 14.7 Å². The van der Waals surface area contributed by atoms with Crippen LogP contribution in [0.15, 0.2) is 48.3 Å². The van der Waals surface area contributed by atoms with Gasteiger partial charge in [-0.15, -0.1) is 0 Å². The molecule has 1 aliphatic heterocycles. The number of hydrogen-bond acceptors (Lipinski definition) is 6. The Labute approximate surface area is 163 Å². The van der Waals surface area contributed by atoms with Crippen LogP contribution in [0.3, 0.4) is 0 Å². The normalized spacial score (nSPS) is 18.4. The summed E-state index contributed by atoms with van der Waals surface area (Å²) in [4.78, 5) is 31.0. The lowest BCUT2D eigenvalue weighted by Gasteiger charge is -2.24. The van der Waals surface area contributed by atoms with Gasteiger partial charge in [-0.3, -0.25) is 14.6 Å². The number of carbonyl (C=O) groups excluding carboxylic acids is 2. The molecular weight excluding hydrogens is 360 g/mol. The van der Waals surface area contributed by atoms with Crippen molar-refractivity contribution in [2.24, 2.45) is 0 Å².